The number of rotatable bonds is 10. The summed E-state index contributed by atoms with van der Waals surface area (Å²) in [7, 11) is 2.22. The first-order chi connectivity index (χ1) is 22.7. The molecule has 0 saturated carbocycles. The van der Waals surface area contributed by atoms with Gasteiger partial charge in [-0.3, -0.25) is 4.57 Å². The van der Waals surface area contributed by atoms with Crippen molar-refractivity contribution < 1.29 is 52.4 Å². The van der Waals surface area contributed by atoms with Gasteiger partial charge in [0.25, 0.3) is 0 Å². The van der Waals surface area contributed by atoms with E-state index in [4.69, 9.17) is 28.4 Å². The van der Waals surface area contributed by atoms with Gasteiger partial charge in [-0.05, 0) is 43.3 Å². The summed E-state index contributed by atoms with van der Waals surface area (Å²) >= 11 is 0. The second-order valence-corrected chi connectivity index (χ2v) is 10.2. The van der Waals surface area contributed by atoms with Gasteiger partial charge in [0.05, 0.1) is 30.9 Å². The van der Waals surface area contributed by atoms with Crippen LogP contribution in [0.3, 0.4) is 0 Å². The Morgan fingerprint density at radius 1 is 0.660 bits per heavy atom. The van der Waals surface area contributed by atoms with Gasteiger partial charge in [-0.25, -0.2) is 29.0 Å². The molecule has 0 aliphatic carbocycles. The molecule has 47 heavy (non-hydrogen) atoms. The minimum absolute atomic E-state index is 0.0756. The lowest BCUT2D eigenvalue weighted by molar-refractivity contribution is -0.0638. The van der Waals surface area contributed by atoms with E-state index in [0.717, 1.165) is 14.2 Å². The van der Waals surface area contributed by atoms with Crippen molar-refractivity contribution in [1.82, 2.24) is 9.55 Å². The van der Waals surface area contributed by atoms with Gasteiger partial charge in [-0.15, -0.1) is 0 Å². The van der Waals surface area contributed by atoms with Crippen LogP contribution < -0.4 is 0 Å². The summed E-state index contributed by atoms with van der Waals surface area (Å²) in [6.45, 7) is 1.02. The fraction of sp³-hybridized carbons (Fsp3) is 0.235. The van der Waals surface area contributed by atoms with Crippen molar-refractivity contribution in [3.05, 3.63) is 125 Å². The van der Waals surface area contributed by atoms with Crippen molar-refractivity contribution in [3.63, 3.8) is 0 Å². The van der Waals surface area contributed by atoms with Crippen molar-refractivity contribution in [2.45, 2.75) is 31.5 Å². The lowest BCUT2D eigenvalue weighted by Gasteiger charge is -2.26. The van der Waals surface area contributed by atoms with Gasteiger partial charge in [0.2, 0.25) is 0 Å². The molecule has 0 N–H and O–H groups in total. The number of imidazole rings is 1. The molecular weight excluding hydrogens is 612 g/mol. The normalized spacial score (nSPS) is 18.5. The predicted octanol–water partition coefficient (Wildman–Crippen LogP) is 3.97. The maximum Gasteiger partial charge on any atom is 0.359 e. The molecule has 0 spiro atoms. The third kappa shape index (κ3) is 7.05. The maximum absolute atomic E-state index is 13.5. The van der Waals surface area contributed by atoms with Crippen LogP contribution in [0.25, 0.3) is 0 Å². The van der Waals surface area contributed by atoms with Crippen LogP contribution in [0.5, 0.6) is 0 Å². The Hall–Kier alpha value is -5.82. The maximum atomic E-state index is 13.5. The summed E-state index contributed by atoms with van der Waals surface area (Å²) in [6, 6.07) is 24.3. The van der Waals surface area contributed by atoms with Gasteiger partial charge in [0.15, 0.2) is 29.8 Å². The largest absolute Gasteiger partial charge is 0.464 e. The molecule has 1 fully saturated rings. The number of hydrogen-bond acceptors (Lipinski definition) is 12. The number of aryl methyl sites for hydroxylation is 1. The van der Waals surface area contributed by atoms with E-state index in [1.54, 1.807) is 66.7 Å². The number of carbonyl (C=O) groups excluding carboxylic acids is 5. The van der Waals surface area contributed by atoms with Gasteiger partial charge in [0, 0.05) is 0 Å². The van der Waals surface area contributed by atoms with Crippen molar-refractivity contribution in [1.29, 1.82) is 0 Å². The molecule has 0 bridgehead atoms. The third-order valence-electron chi connectivity index (χ3n) is 7.28. The highest BCUT2D eigenvalue weighted by molar-refractivity contribution is 6.01. The van der Waals surface area contributed by atoms with Crippen LogP contribution in [0.15, 0.2) is 91.0 Å². The average molecular weight is 643 g/mol. The summed E-state index contributed by atoms with van der Waals surface area (Å²) < 4.78 is 34.7. The quantitative estimate of drug-likeness (QED) is 0.181. The van der Waals surface area contributed by atoms with Gasteiger partial charge in [0.1, 0.15) is 18.5 Å². The molecule has 4 aromatic rings. The number of methoxy groups -OCH3 is 2. The fourth-order valence-electron chi connectivity index (χ4n) is 5.05. The number of carbonyl (C=O) groups is 5. The van der Waals surface area contributed by atoms with Gasteiger partial charge in [-0.2, -0.15) is 0 Å². The summed E-state index contributed by atoms with van der Waals surface area (Å²) in [6.07, 6.45) is -5.52. The lowest BCUT2D eigenvalue weighted by Crippen LogP contribution is -2.41. The first kappa shape index (κ1) is 32.6. The number of aromatic nitrogens is 2. The molecule has 3 aromatic carbocycles. The van der Waals surface area contributed by atoms with E-state index >= 15 is 0 Å². The van der Waals surface area contributed by atoms with E-state index in [-0.39, 0.29) is 33.9 Å². The van der Waals surface area contributed by atoms with Crippen LogP contribution in [0, 0.1) is 6.92 Å². The minimum Gasteiger partial charge on any atom is -0.464 e. The number of nitrogens with zero attached hydrogens (tertiary/aromatic N) is 2. The van der Waals surface area contributed by atoms with Crippen molar-refractivity contribution in [3.8, 4) is 0 Å². The SMILES string of the molecule is COC(=O)c1nc(C)n([C@@H]2O[C@H](COC(=O)c3ccccc3)[C@@H](OC(=O)c3ccccc3)[C@H]2OC(=O)c2ccccc2)c1C(=O)OC. The monoisotopic (exact) mass is 642 g/mol. The summed E-state index contributed by atoms with van der Waals surface area (Å²) in [5.41, 5.74) is -0.133. The Balaban J connectivity index is 1.60. The van der Waals surface area contributed by atoms with Gasteiger partial charge in [-0.1, -0.05) is 54.6 Å². The summed E-state index contributed by atoms with van der Waals surface area (Å²) in [5, 5.41) is 0. The lowest BCUT2D eigenvalue weighted by atomic mass is 10.1. The Morgan fingerprint density at radius 2 is 1.13 bits per heavy atom. The van der Waals surface area contributed by atoms with E-state index in [1.807, 2.05) is 0 Å². The van der Waals surface area contributed by atoms with E-state index in [9.17, 15) is 24.0 Å². The molecule has 13 nitrogen and oxygen atoms in total. The molecule has 4 atom stereocenters. The van der Waals surface area contributed by atoms with Crippen LogP contribution >= 0.6 is 0 Å². The Kier molecular flexibility index (Phi) is 10.1. The Labute approximate surface area is 268 Å². The zero-order valence-corrected chi connectivity index (χ0v) is 25.6. The molecule has 2 heterocycles. The molecule has 5 rings (SSSR count). The zero-order chi connectivity index (χ0) is 33.5. The average Bonchev–Trinajstić information content (AvgIpc) is 3.63. The number of benzene rings is 3. The molecule has 0 radical (unpaired) electrons. The smallest absolute Gasteiger partial charge is 0.359 e. The predicted molar refractivity (Wildman–Crippen MR) is 162 cm³/mol. The van der Waals surface area contributed by atoms with Gasteiger partial charge < -0.3 is 28.4 Å². The highest BCUT2D eigenvalue weighted by atomic mass is 16.7. The molecule has 242 valence electrons. The number of hydrogen-bond donors (Lipinski definition) is 0. The minimum atomic E-state index is -1.46. The van der Waals surface area contributed by atoms with Crippen molar-refractivity contribution in [2.24, 2.45) is 0 Å². The molecule has 13 heteroatoms. The van der Waals surface area contributed by atoms with Crippen LogP contribution in [0.2, 0.25) is 0 Å². The molecule has 1 saturated heterocycles. The number of ether oxygens (including phenoxy) is 6. The summed E-state index contributed by atoms with van der Waals surface area (Å²) in [4.78, 5) is 69.7. The summed E-state index contributed by atoms with van der Waals surface area (Å²) in [5.74, 6) is -4.12. The first-order valence-corrected chi connectivity index (χ1v) is 14.4. The second-order valence-electron chi connectivity index (χ2n) is 10.2. The number of esters is 5. The van der Waals surface area contributed by atoms with Crippen LogP contribution in [0.1, 0.15) is 64.1 Å². The van der Waals surface area contributed by atoms with Crippen LogP contribution in [-0.2, 0) is 28.4 Å². The molecule has 1 aliphatic rings. The Morgan fingerprint density at radius 3 is 1.62 bits per heavy atom. The second kappa shape index (κ2) is 14.5. The fourth-order valence-corrected chi connectivity index (χ4v) is 5.05. The van der Waals surface area contributed by atoms with Crippen molar-refractivity contribution in [2.75, 3.05) is 20.8 Å². The van der Waals surface area contributed by atoms with Crippen LogP contribution in [0.4, 0.5) is 0 Å². The van der Waals surface area contributed by atoms with Gasteiger partial charge >= 0.3 is 29.8 Å². The van der Waals surface area contributed by atoms with Crippen molar-refractivity contribution >= 4 is 29.8 Å². The molecular formula is C34H30N2O11. The first-order valence-electron chi connectivity index (χ1n) is 14.4. The third-order valence-corrected chi connectivity index (χ3v) is 7.28. The molecule has 0 amide bonds. The van der Waals surface area contributed by atoms with E-state index in [2.05, 4.69) is 4.98 Å². The zero-order valence-electron chi connectivity index (χ0n) is 25.6. The highest BCUT2D eigenvalue weighted by Gasteiger charge is 2.53. The molecule has 1 aliphatic heterocycles. The van der Waals surface area contributed by atoms with E-state index < -0.39 is 61.0 Å². The Bertz CT molecular complexity index is 1760. The topological polar surface area (TPSA) is 159 Å². The standard InChI is InChI=1S/C34H30N2O11/c1-20-35-25(33(40)42-2)26(34(41)43-3)36(20)29-28(47-32(39)23-17-11-6-12-18-23)27(46-31(38)22-15-9-5-10-16-22)24(45-29)19-44-30(37)21-13-7-4-8-14-21/h4-18,24,27-29H,19H2,1-3H3/t24-,27-,28-,29-/m1/s1. The van der Waals surface area contributed by atoms with Crippen LogP contribution in [-0.4, -0.2) is 78.5 Å². The highest BCUT2D eigenvalue weighted by Crippen LogP contribution is 2.38. The molecule has 1 aromatic heterocycles. The van der Waals surface area contributed by atoms with E-state index in [1.165, 1.54) is 35.8 Å². The van der Waals surface area contributed by atoms with E-state index in [0.29, 0.717) is 0 Å². The molecule has 0 unspecified atom stereocenters.